The van der Waals surface area contributed by atoms with Crippen molar-refractivity contribution in [1.29, 1.82) is 0 Å². The molecule has 1 N–H and O–H groups in total. The standard InChI is InChI=1S/C9H7F5N2O/c10-8(11,9(12,13)14)5-16-7(17)6-3-1-2-4-15-6/h1-4H,5H2,(H,16,17). The number of hydrogen-bond acceptors (Lipinski definition) is 2. The minimum absolute atomic E-state index is 0.231. The maximum atomic E-state index is 12.4. The molecule has 0 atom stereocenters. The summed E-state index contributed by atoms with van der Waals surface area (Å²) in [6, 6.07) is 4.08. The van der Waals surface area contributed by atoms with Crippen molar-refractivity contribution in [1.82, 2.24) is 10.3 Å². The van der Waals surface area contributed by atoms with Gasteiger partial charge in [-0.2, -0.15) is 22.0 Å². The molecule has 0 saturated heterocycles. The van der Waals surface area contributed by atoms with Gasteiger partial charge in [0.1, 0.15) is 5.69 Å². The van der Waals surface area contributed by atoms with Gasteiger partial charge >= 0.3 is 12.1 Å². The van der Waals surface area contributed by atoms with Gasteiger partial charge in [0.15, 0.2) is 0 Å². The van der Waals surface area contributed by atoms with E-state index in [1.807, 2.05) is 0 Å². The molecule has 0 spiro atoms. The highest BCUT2D eigenvalue weighted by molar-refractivity contribution is 5.92. The van der Waals surface area contributed by atoms with Crippen molar-refractivity contribution >= 4 is 5.91 Å². The molecular weight excluding hydrogens is 247 g/mol. The second-order valence-electron chi connectivity index (χ2n) is 3.10. The fraction of sp³-hybridized carbons (Fsp3) is 0.333. The molecule has 1 amide bonds. The number of carbonyl (C=O) groups excluding carboxylic acids is 1. The molecular formula is C9H7F5N2O. The highest BCUT2D eigenvalue weighted by atomic mass is 19.4. The molecule has 94 valence electrons. The Morgan fingerprint density at radius 1 is 1.24 bits per heavy atom. The molecule has 0 bridgehead atoms. The number of nitrogens with zero attached hydrogens (tertiary/aromatic N) is 1. The van der Waals surface area contributed by atoms with Gasteiger partial charge in [0, 0.05) is 6.20 Å². The number of halogens is 5. The van der Waals surface area contributed by atoms with Gasteiger partial charge in [0.25, 0.3) is 5.91 Å². The summed E-state index contributed by atoms with van der Waals surface area (Å²) in [5.74, 6) is -6.05. The zero-order valence-electron chi connectivity index (χ0n) is 8.26. The molecule has 0 aromatic carbocycles. The Morgan fingerprint density at radius 3 is 2.35 bits per heavy atom. The second kappa shape index (κ2) is 4.64. The summed E-state index contributed by atoms with van der Waals surface area (Å²) in [6.07, 6.45) is -4.47. The number of amides is 1. The predicted octanol–water partition coefficient (Wildman–Crippen LogP) is 2.01. The molecule has 0 unspecified atom stereocenters. The first-order chi connectivity index (χ1) is 7.74. The third-order valence-electron chi connectivity index (χ3n) is 1.78. The predicted molar refractivity (Wildman–Crippen MR) is 47.6 cm³/mol. The van der Waals surface area contributed by atoms with Crippen LogP contribution < -0.4 is 5.32 Å². The minimum Gasteiger partial charge on any atom is -0.344 e. The molecule has 17 heavy (non-hydrogen) atoms. The van der Waals surface area contributed by atoms with Gasteiger partial charge in [-0.1, -0.05) is 6.07 Å². The number of hydrogen-bond donors (Lipinski definition) is 1. The first-order valence-electron chi connectivity index (χ1n) is 4.38. The number of nitrogens with one attached hydrogen (secondary N) is 1. The van der Waals surface area contributed by atoms with Gasteiger partial charge < -0.3 is 5.32 Å². The summed E-state index contributed by atoms with van der Waals surface area (Å²) in [6.45, 7) is -1.81. The van der Waals surface area contributed by atoms with E-state index in [2.05, 4.69) is 4.98 Å². The summed E-state index contributed by atoms with van der Waals surface area (Å²) in [5.41, 5.74) is -0.231. The molecule has 1 rings (SSSR count). The Bertz CT molecular complexity index is 390. The Balaban J connectivity index is 2.61. The lowest BCUT2D eigenvalue weighted by molar-refractivity contribution is -0.278. The van der Waals surface area contributed by atoms with Crippen molar-refractivity contribution in [2.24, 2.45) is 0 Å². The lowest BCUT2D eigenvalue weighted by Crippen LogP contribution is -2.46. The van der Waals surface area contributed by atoms with Crippen LogP contribution in [0.3, 0.4) is 0 Å². The van der Waals surface area contributed by atoms with Crippen molar-refractivity contribution in [3.63, 3.8) is 0 Å². The van der Waals surface area contributed by atoms with E-state index in [0.717, 1.165) is 0 Å². The quantitative estimate of drug-likeness (QED) is 0.838. The molecule has 0 aliphatic carbocycles. The average Bonchev–Trinajstić information content (AvgIpc) is 2.25. The number of pyridine rings is 1. The molecule has 0 aliphatic heterocycles. The van der Waals surface area contributed by atoms with E-state index in [0.29, 0.717) is 0 Å². The number of alkyl halides is 5. The van der Waals surface area contributed by atoms with Gasteiger partial charge in [-0.15, -0.1) is 0 Å². The van der Waals surface area contributed by atoms with Crippen molar-refractivity contribution in [2.75, 3.05) is 6.54 Å². The molecule has 8 heteroatoms. The Kier molecular flexibility index (Phi) is 3.64. The van der Waals surface area contributed by atoms with E-state index in [1.165, 1.54) is 29.7 Å². The van der Waals surface area contributed by atoms with E-state index in [9.17, 15) is 26.7 Å². The summed E-state index contributed by atoms with van der Waals surface area (Å²) < 4.78 is 60.2. The van der Waals surface area contributed by atoms with Crippen LogP contribution in [0, 0.1) is 0 Å². The Morgan fingerprint density at radius 2 is 1.88 bits per heavy atom. The molecule has 0 fully saturated rings. The molecule has 0 saturated carbocycles. The highest BCUT2D eigenvalue weighted by Crippen LogP contribution is 2.34. The van der Waals surface area contributed by atoms with Crippen LogP contribution in [0.1, 0.15) is 10.5 Å². The van der Waals surface area contributed by atoms with Gasteiger partial charge in [0.2, 0.25) is 0 Å². The fourth-order valence-electron chi connectivity index (χ4n) is 0.879. The third kappa shape index (κ3) is 3.36. The average molecular weight is 254 g/mol. The molecule has 1 aromatic heterocycles. The van der Waals surface area contributed by atoms with Gasteiger partial charge in [-0.3, -0.25) is 9.78 Å². The number of rotatable bonds is 3. The smallest absolute Gasteiger partial charge is 0.344 e. The SMILES string of the molecule is O=C(NCC(F)(F)C(F)(F)F)c1ccccn1. The van der Waals surface area contributed by atoms with Gasteiger partial charge in [-0.05, 0) is 12.1 Å². The van der Waals surface area contributed by atoms with E-state index in [1.54, 1.807) is 0 Å². The van der Waals surface area contributed by atoms with Crippen LogP contribution in [0.4, 0.5) is 22.0 Å². The topological polar surface area (TPSA) is 42.0 Å². The van der Waals surface area contributed by atoms with Crippen LogP contribution in [0.2, 0.25) is 0 Å². The van der Waals surface area contributed by atoms with Crippen LogP contribution in [0.5, 0.6) is 0 Å². The largest absolute Gasteiger partial charge is 0.455 e. The van der Waals surface area contributed by atoms with E-state index < -0.39 is 24.6 Å². The zero-order valence-corrected chi connectivity index (χ0v) is 8.26. The fourth-order valence-corrected chi connectivity index (χ4v) is 0.879. The first-order valence-corrected chi connectivity index (χ1v) is 4.38. The normalized spacial score (nSPS) is 12.3. The van der Waals surface area contributed by atoms with Gasteiger partial charge in [-0.25, -0.2) is 0 Å². The summed E-state index contributed by atoms with van der Waals surface area (Å²) in [4.78, 5) is 14.6. The zero-order chi connectivity index (χ0) is 13.1. The minimum atomic E-state index is -5.69. The Hall–Kier alpha value is -1.73. The summed E-state index contributed by atoms with van der Waals surface area (Å²) in [5, 5.41) is 1.47. The van der Waals surface area contributed by atoms with Crippen molar-refractivity contribution in [2.45, 2.75) is 12.1 Å². The van der Waals surface area contributed by atoms with Crippen molar-refractivity contribution < 1.29 is 26.7 Å². The highest BCUT2D eigenvalue weighted by Gasteiger charge is 2.57. The molecule has 1 aromatic rings. The van der Waals surface area contributed by atoms with E-state index in [4.69, 9.17) is 0 Å². The van der Waals surface area contributed by atoms with Crippen LogP contribution in [-0.4, -0.2) is 29.5 Å². The van der Waals surface area contributed by atoms with Gasteiger partial charge in [0.05, 0.1) is 6.54 Å². The lowest BCUT2D eigenvalue weighted by atomic mass is 10.3. The van der Waals surface area contributed by atoms with E-state index >= 15 is 0 Å². The molecule has 0 radical (unpaired) electrons. The van der Waals surface area contributed by atoms with Crippen molar-refractivity contribution in [3.05, 3.63) is 30.1 Å². The van der Waals surface area contributed by atoms with Crippen LogP contribution in [-0.2, 0) is 0 Å². The van der Waals surface area contributed by atoms with Crippen LogP contribution >= 0.6 is 0 Å². The first kappa shape index (κ1) is 13.3. The monoisotopic (exact) mass is 254 g/mol. The van der Waals surface area contributed by atoms with Crippen LogP contribution in [0.25, 0.3) is 0 Å². The van der Waals surface area contributed by atoms with E-state index in [-0.39, 0.29) is 5.69 Å². The maximum Gasteiger partial charge on any atom is 0.455 e. The summed E-state index contributed by atoms with van der Waals surface area (Å²) >= 11 is 0. The third-order valence-corrected chi connectivity index (χ3v) is 1.78. The number of carbonyl (C=O) groups is 1. The van der Waals surface area contributed by atoms with Crippen LogP contribution in [0.15, 0.2) is 24.4 Å². The molecule has 0 aliphatic rings. The summed E-state index contributed by atoms with van der Waals surface area (Å²) in [7, 11) is 0. The Labute approximate surface area is 92.6 Å². The molecule has 3 nitrogen and oxygen atoms in total. The van der Waals surface area contributed by atoms with Crippen molar-refractivity contribution in [3.8, 4) is 0 Å². The lowest BCUT2D eigenvalue weighted by Gasteiger charge is -2.19. The number of aromatic nitrogens is 1. The maximum absolute atomic E-state index is 12.4. The second-order valence-corrected chi connectivity index (χ2v) is 3.10. The molecule has 1 heterocycles.